The molecule has 0 spiro atoms. The summed E-state index contributed by atoms with van der Waals surface area (Å²) in [6.07, 6.45) is 1.91. The third-order valence-electron chi connectivity index (χ3n) is 8.52. The Bertz CT molecular complexity index is 1210. The van der Waals surface area contributed by atoms with Crippen LogP contribution in [0.4, 0.5) is 0 Å². The van der Waals surface area contributed by atoms with E-state index in [0.29, 0.717) is 37.6 Å². The van der Waals surface area contributed by atoms with Crippen LogP contribution in [-0.2, 0) is 30.5 Å². The maximum atomic E-state index is 13.2. The fourth-order valence-electron chi connectivity index (χ4n) is 6.64. The van der Waals surface area contributed by atoms with Crippen LogP contribution in [0.15, 0.2) is 16.9 Å². The summed E-state index contributed by atoms with van der Waals surface area (Å²) in [4.78, 5) is 55.1. The summed E-state index contributed by atoms with van der Waals surface area (Å²) >= 11 is 1.44. The lowest BCUT2D eigenvalue weighted by atomic mass is 9.78. The summed E-state index contributed by atoms with van der Waals surface area (Å²) in [7, 11) is 0. The number of ether oxygens (including phenoxy) is 1. The van der Waals surface area contributed by atoms with Crippen LogP contribution in [0.5, 0.6) is 0 Å². The number of amides is 3. The molecule has 0 radical (unpaired) electrons. The summed E-state index contributed by atoms with van der Waals surface area (Å²) in [6.45, 7) is 6.78. The fraction of sp³-hybridized carbons (Fsp3) is 0.708. The van der Waals surface area contributed by atoms with Gasteiger partial charge in [0.15, 0.2) is 0 Å². The van der Waals surface area contributed by atoms with E-state index in [9.17, 15) is 24.3 Å². The zero-order valence-electron chi connectivity index (χ0n) is 22.2. The molecule has 16 heteroatoms. The second-order valence-electron chi connectivity index (χ2n) is 11.0. The van der Waals surface area contributed by atoms with Gasteiger partial charge in [0.1, 0.15) is 18.6 Å². The number of morpholine rings is 1. The minimum Gasteiger partial charge on any atom is -0.477 e. The van der Waals surface area contributed by atoms with Crippen molar-refractivity contribution in [3.8, 4) is 0 Å². The number of aromatic nitrogens is 4. The van der Waals surface area contributed by atoms with Crippen LogP contribution in [0.25, 0.3) is 0 Å². The molecule has 1 aromatic rings. The number of aliphatic carboxylic acids is 1. The van der Waals surface area contributed by atoms with Crippen LogP contribution >= 0.6 is 11.8 Å². The van der Waals surface area contributed by atoms with E-state index in [4.69, 9.17) is 4.74 Å². The Kier molecular flexibility index (Phi) is 7.27. The third-order valence-corrected chi connectivity index (χ3v) is 10.0. The first-order chi connectivity index (χ1) is 19.2. The molecule has 4 fully saturated rings. The molecule has 216 valence electrons. The molecule has 6 rings (SSSR count). The SMILES string of the molecule is C[C@@H](NC(=O)Cn1cnnn1)[C@H]1C(=O)N2C(C(=O)O)=C(SC3CNC(C(=O)N4C[C@@H]5NCCO[C@@H]5C4)C3)[C@H](C)[C@H]12. The normalized spacial score (nSPS) is 34.0. The molecule has 5 aliphatic rings. The Balaban J connectivity index is 1.08. The smallest absolute Gasteiger partial charge is 0.353 e. The Morgan fingerprint density at radius 3 is 2.85 bits per heavy atom. The molecular weight excluding hydrogens is 542 g/mol. The van der Waals surface area contributed by atoms with Crippen molar-refractivity contribution in [3.05, 3.63) is 16.9 Å². The van der Waals surface area contributed by atoms with Gasteiger partial charge in [-0.2, -0.15) is 0 Å². The van der Waals surface area contributed by atoms with Crippen molar-refractivity contribution in [2.75, 3.05) is 32.8 Å². The molecule has 3 amide bonds. The number of rotatable bonds is 8. The van der Waals surface area contributed by atoms with Crippen molar-refractivity contribution in [3.63, 3.8) is 0 Å². The topological polar surface area (TPSA) is 184 Å². The summed E-state index contributed by atoms with van der Waals surface area (Å²) in [5, 5.41) is 30.3. The summed E-state index contributed by atoms with van der Waals surface area (Å²) in [5.74, 6) is -2.54. The summed E-state index contributed by atoms with van der Waals surface area (Å²) in [6, 6.07) is -1.05. The van der Waals surface area contributed by atoms with Crippen molar-refractivity contribution >= 4 is 35.5 Å². The number of carbonyl (C=O) groups excluding carboxylic acids is 3. The van der Waals surface area contributed by atoms with E-state index in [1.54, 1.807) is 6.92 Å². The molecule has 0 aliphatic carbocycles. The van der Waals surface area contributed by atoms with E-state index in [-0.39, 0.29) is 65.4 Å². The molecule has 40 heavy (non-hydrogen) atoms. The van der Waals surface area contributed by atoms with Crippen molar-refractivity contribution in [1.82, 2.24) is 46.0 Å². The highest BCUT2D eigenvalue weighted by Gasteiger charge is 2.60. The zero-order chi connectivity index (χ0) is 28.1. The maximum absolute atomic E-state index is 13.2. The number of fused-ring (bicyclic) bond motifs is 2. The standard InChI is InChI=1S/C24H33N9O6S/c1-11-19-18(12(2)28-17(34)9-32-10-27-29-30-32)23(36)33(19)20(24(37)38)21(11)40-13-5-14(26-6-13)22(35)31-7-15-16(8-31)39-4-3-25-15/h10-16,18-19,25-26H,3-9H2,1-2H3,(H,28,34)(H,37,38)/t11-,12-,13?,14?,15+,16-,18-,19-/m1/s1. The highest BCUT2D eigenvalue weighted by Crippen LogP contribution is 2.51. The molecule has 0 aromatic carbocycles. The third kappa shape index (κ3) is 4.76. The first-order valence-corrected chi connectivity index (χ1v) is 14.5. The highest BCUT2D eigenvalue weighted by molar-refractivity contribution is 8.03. The number of nitrogens with zero attached hydrogens (tertiary/aromatic N) is 6. The van der Waals surface area contributed by atoms with Crippen LogP contribution in [0.1, 0.15) is 20.3 Å². The number of carbonyl (C=O) groups is 4. The quantitative estimate of drug-likeness (QED) is 0.242. The van der Waals surface area contributed by atoms with E-state index in [1.807, 2.05) is 11.8 Å². The van der Waals surface area contributed by atoms with Crippen LogP contribution in [0.3, 0.4) is 0 Å². The Hall–Kier alpha value is -3.08. The minimum atomic E-state index is -1.15. The number of β-lactam (4-membered cyclic amide) rings is 1. The highest BCUT2D eigenvalue weighted by atomic mass is 32.2. The van der Waals surface area contributed by atoms with Gasteiger partial charge in [-0.25, -0.2) is 9.48 Å². The summed E-state index contributed by atoms with van der Waals surface area (Å²) in [5.41, 5.74) is 0.0117. The average molecular weight is 576 g/mol. The molecular formula is C24H33N9O6S. The van der Waals surface area contributed by atoms with Gasteiger partial charge in [0, 0.05) is 48.3 Å². The Morgan fingerprint density at radius 2 is 2.12 bits per heavy atom. The van der Waals surface area contributed by atoms with Gasteiger partial charge in [-0.15, -0.1) is 16.9 Å². The van der Waals surface area contributed by atoms with Gasteiger partial charge in [0.2, 0.25) is 17.7 Å². The predicted octanol–water partition coefficient (Wildman–Crippen LogP) is -2.39. The molecule has 5 aliphatic heterocycles. The number of hydrogen-bond donors (Lipinski definition) is 4. The Labute approximate surface area is 234 Å². The lowest BCUT2D eigenvalue weighted by Gasteiger charge is -2.47. The van der Waals surface area contributed by atoms with Gasteiger partial charge in [-0.1, -0.05) is 6.92 Å². The van der Waals surface area contributed by atoms with Crippen LogP contribution in [0, 0.1) is 11.8 Å². The Morgan fingerprint density at radius 1 is 1.30 bits per heavy atom. The molecule has 6 heterocycles. The number of carboxylic acid groups (broad SMARTS) is 1. The van der Waals surface area contributed by atoms with Crippen molar-refractivity contribution in [2.45, 2.75) is 62.3 Å². The lowest BCUT2D eigenvalue weighted by molar-refractivity contribution is -0.158. The first kappa shape index (κ1) is 27.1. The van der Waals surface area contributed by atoms with Crippen molar-refractivity contribution in [1.29, 1.82) is 0 Å². The maximum Gasteiger partial charge on any atom is 0.353 e. The van der Waals surface area contributed by atoms with Gasteiger partial charge >= 0.3 is 5.97 Å². The second-order valence-corrected chi connectivity index (χ2v) is 12.4. The van der Waals surface area contributed by atoms with Crippen LogP contribution in [-0.4, -0.2) is 127 Å². The number of thioether (sulfide) groups is 1. The van der Waals surface area contributed by atoms with Gasteiger partial charge in [0.25, 0.3) is 0 Å². The van der Waals surface area contributed by atoms with E-state index >= 15 is 0 Å². The van der Waals surface area contributed by atoms with Gasteiger partial charge in [-0.05, 0) is 23.8 Å². The zero-order valence-corrected chi connectivity index (χ0v) is 23.0. The number of tetrazole rings is 1. The van der Waals surface area contributed by atoms with E-state index in [1.165, 1.54) is 27.7 Å². The lowest BCUT2D eigenvalue weighted by Crippen LogP contribution is -2.66. The number of likely N-dealkylation sites (tertiary alicyclic amines) is 1. The van der Waals surface area contributed by atoms with Crippen LogP contribution < -0.4 is 16.0 Å². The number of hydrogen-bond acceptors (Lipinski definition) is 11. The first-order valence-electron chi connectivity index (χ1n) is 13.6. The van der Waals surface area contributed by atoms with Crippen LogP contribution in [0.2, 0.25) is 0 Å². The fourth-order valence-corrected chi connectivity index (χ4v) is 8.12. The molecule has 8 atom stereocenters. The molecule has 15 nitrogen and oxygen atoms in total. The number of carboxylic acids is 1. The largest absolute Gasteiger partial charge is 0.477 e. The molecule has 0 bridgehead atoms. The van der Waals surface area contributed by atoms with Crippen molar-refractivity contribution < 1.29 is 29.0 Å². The van der Waals surface area contributed by atoms with E-state index < -0.39 is 17.9 Å². The van der Waals surface area contributed by atoms with E-state index in [2.05, 4.69) is 31.5 Å². The van der Waals surface area contributed by atoms with Gasteiger partial charge in [-0.3, -0.25) is 14.4 Å². The van der Waals surface area contributed by atoms with Gasteiger partial charge < -0.3 is 35.6 Å². The molecule has 1 aromatic heterocycles. The van der Waals surface area contributed by atoms with Gasteiger partial charge in [0.05, 0.1) is 36.8 Å². The average Bonchev–Trinajstić information content (AvgIpc) is 3.71. The summed E-state index contributed by atoms with van der Waals surface area (Å²) < 4.78 is 7.08. The monoisotopic (exact) mass is 575 g/mol. The molecule has 4 saturated heterocycles. The predicted molar refractivity (Wildman–Crippen MR) is 139 cm³/mol. The molecule has 0 saturated carbocycles. The van der Waals surface area contributed by atoms with E-state index in [0.717, 1.165) is 6.54 Å². The second kappa shape index (κ2) is 10.7. The molecule has 4 N–H and O–H groups in total. The molecule has 2 unspecified atom stereocenters. The minimum absolute atomic E-state index is 0.0117. The van der Waals surface area contributed by atoms with Crippen molar-refractivity contribution in [2.24, 2.45) is 11.8 Å². The number of nitrogens with one attached hydrogen (secondary N) is 3.